The van der Waals surface area contributed by atoms with E-state index in [4.69, 9.17) is 11.6 Å². The van der Waals surface area contributed by atoms with E-state index in [0.29, 0.717) is 11.5 Å². The molecule has 1 nitrogen and oxygen atoms in total. The van der Waals surface area contributed by atoms with Crippen LogP contribution in [-0.2, 0) is 6.42 Å². The van der Waals surface area contributed by atoms with Gasteiger partial charge in [0.2, 0.25) is 0 Å². The van der Waals surface area contributed by atoms with Crippen molar-refractivity contribution in [3.8, 4) is 0 Å². The van der Waals surface area contributed by atoms with Crippen LogP contribution in [0.5, 0.6) is 0 Å². The van der Waals surface area contributed by atoms with Crippen molar-refractivity contribution >= 4 is 11.6 Å². The molecule has 1 aromatic carbocycles. The van der Waals surface area contributed by atoms with E-state index >= 15 is 0 Å². The van der Waals surface area contributed by atoms with Crippen molar-refractivity contribution in [3.05, 3.63) is 34.9 Å². The van der Waals surface area contributed by atoms with Crippen molar-refractivity contribution in [2.24, 2.45) is 11.3 Å². The molecule has 1 aromatic rings. The summed E-state index contributed by atoms with van der Waals surface area (Å²) in [5, 5.41) is 4.37. The zero-order valence-electron chi connectivity index (χ0n) is 12.4. The van der Waals surface area contributed by atoms with Crippen LogP contribution >= 0.6 is 11.6 Å². The largest absolute Gasteiger partial charge is 0.316 e. The van der Waals surface area contributed by atoms with Crippen molar-refractivity contribution in [1.29, 1.82) is 0 Å². The van der Waals surface area contributed by atoms with Gasteiger partial charge in [-0.2, -0.15) is 0 Å². The Morgan fingerprint density at radius 3 is 2.58 bits per heavy atom. The number of hydrogen-bond acceptors (Lipinski definition) is 1. The molecule has 2 rings (SSSR count). The number of rotatable bonds is 4. The van der Waals surface area contributed by atoms with Crippen molar-refractivity contribution in [3.63, 3.8) is 0 Å². The first kappa shape index (κ1) is 14.9. The highest BCUT2D eigenvalue weighted by Gasteiger charge is 2.30. The van der Waals surface area contributed by atoms with E-state index in [-0.39, 0.29) is 0 Å². The zero-order valence-corrected chi connectivity index (χ0v) is 13.1. The van der Waals surface area contributed by atoms with Crippen LogP contribution in [0, 0.1) is 11.3 Å². The van der Waals surface area contributed by atoms with Gasteiger partial charge in [0.05, 0.1) is 0 Å². The quantitative estimate of drug-likeness (QED) is 0.843. The molecule has 0 radical (unpaired) electrons. The Hall–Kier alpha value is -0.530. The van der Waals surface area contributed by atoms with Crippen molar-refractivity contribution in [2.75, 3.05) is 7.05 Å². The van der Waals surface area contributed by atoms with Gasteiger partial charge < -0.3 is 5.32 Å². The van der Waals surface area contributed by atoms with E-state index in [1.807, 2.05) is 12.1 Å². The standard InChI is InChI=1S/C17H26ClN/c1-17(2)9-7-14(8-10-17)16(19-3)12-13-5-4-6-15(18)11-13/h4-6,11,14,16,19H,7-10,12H2,1-3H3. The Morgan fingerprint density at radius 1 is 1.32 bits per heavy atom. The summed E-state index contributed by atoms with van der Waals surface area (Å²) >= 11 is 6.07. The second kappa shape index (κ2) is 6.28. The fourth-order valence-corrected chi connectivity index (χ4v) is 3.46. The van der Waals surface area contributed by atoms with Gasteiger partial charge in [-0.15, -0.1) is 0 Å². The van der Waals surface area contributed by atoms with Crippen LogP contribution in [0.4, 0.5) is 0 Å². The first-order chi connectivity index (χ1) is 9.00. The summed E-state index contributed by atoms with van der Waals surface area (Å²) in [6.45, 7) is 4.79. The smallest absolute Gasteiger partial charge is 0.0408 e. The highest BCUT2D eigenvalue weighted by molar-refractivity contribution is 6.30. The third-order valence-electron chi connectivity index (χ3n) is 4.67. The molecule has 0 aliphatic heterocycles. The molecule has 0 bridgehead atoms. The molecular formula is C17H26ClN. The summed E-state index contributed by atoms with van der Waals surface area (Å²) in [5.74, 6) is 0.803. The Bertz CT molecular complexity index is 403. The van der Waals surface area contributed by atoms with E-state index in [0.717, 1.165) is 17.4 Å². The molecular weight excluding hydrogens is 254 g/mol. The average Bonchev–Trinajstić information content (AvgIpc) is 2.36. The summed E-state index contributed by atoms with van der Waals surface area (Å²) in [6.07, 6.45) is 6.48. The molecule has 1 saturated carbocycles. The summed E-state index contributed by atoms with van der Waals surface area (Å²) in [6, 6.07) is 8.85. The molecule has 1 fully saturated rings. The number of hydrogen-bond donors (Lipinski definition) is 1. The lowest BCUT2D eigenvalue weighted by Crippen LogP contribution is -2.38. The second-order valence-corrected chi connectivity index (χ2v) is 7.17. The maximum absolute atomic E-state index is 6.07. The highest BCUT2D eigenvalue weighted by atomic mass is 35.5. The third kappa shape index (κ3) is 4.22. The van der Waals surface area contributed by atoms with Crippen LogP contribution in [0.1, 0.15) is 45.1 Å². The topological polar surface area (TPSA) is 12.0 Å². The molecule has 1 aliphatic carbocycles. The lowest BCUT2D eigenvalue weighted by Gasteiger charge is -2.38. The Balaban J connectivity index is 1.97. The summed E-state index contributed by atoms with van der Waals surface area (Å²) in [7, 11) is 2.09. The number of benzene rings is 1. The van der Waals surface area contributed by atoms with E-state index in [1.54, 1.807) is 0 Å². The molecule has 1 atom stereocenters. The summed E-state index contributed by atoms with van der Waals surface area (Å²) < 4.78 is 0. The Morgan fingerprint density at radius 2 is 2.00 bits per heavy atom. The SMILES string of the molecule is CNC(Cc1cccc(Cl)c1)C1CCC(C)(C)CC1. The predicted octanol–water partition coefficient (Wildman–Crippen LogP) is 4.69. The Labute approximate surface area is 122 Å². The molecule has 0 saturated heterocycles. The van der Waals surface area contributed by atoms with Crippen LogP contribution in [0.3, 0.4) is 0 Å². The third-order valence-corrected chi connectivity index (χ3v) is 4.90. The predicted molar refractivity (Wildman–Crippen MR) is 83.7 cm³/mol. The van der Waals surface area contributed by atoms with E-state index in [9.17, 15) is 0 Å². The van der Waals surface area contributed by atoms with Gasteiger partial charge in [0.1, 0.15) is 0 Å². The van der Waals surface area contributed by atoms with Gasteiger partial charge in [-0.25, -0.2) is 0 Å². The van der Waals surface area contributed by atoms with Gasteiger partial charge in [-0.05, 0) is 68.2 Å². The first-order valence-corrected chi connectivity index (χ1v) is 7.80. The van der Waals surface area contributed by atoms with Gasteiger partial charge in [-0.3, -0.25) is 0 Å². The molecule has 1 N–H and O–H groups in total. The Kier molecular flexibility index (Phi) is 4.92. The lowest BCUT2D eigenvalue weighted by atomic mass is 9.70. The van der Waals surface area contributed by atoms with E-state index in [1.165, 1.54) is 31.2 Å². The van der Waals surface area contributed by atoms with Crippen molar-refractivity contribution < 1.29 is 0 Å². The minimum absolute atomic E-state index is 0.546. The monoisotopic (exact) mass is 279 g/mol. The van der Waals surface area contributed by atoms with Crippen molar-refractivity contribution in [2.45, 2.75) is 52.0 Å². The molecule has 0 spiro atoms. The fourth-order valence-electron chi connectivity index (χ4n) is 3.25. The number of likely N-dealkylation sites (N-methyl/N-ethyl adjacent to an activating group) is 1. The van der Waals surface area contributed by atoms with E-state index in [2.05, 4.69) is 38.3 Å². The average molecular weight is 280 g/mol. The van der Waals surface area contributed by atoms with Crippen LogP contribution in [0.15, 0.2) is 24.3 Å². The molecule has 2 heteroatoms. The maximum atomic E-state index is 6.07. The number of nitrogens with one attached hydrogen (secondary N) is 1. The molecule has 106 valence electrons. The molecule has 19 heavy (non-hydrogen) atoms. The summed E-state index contributed by atoms with van der Waals surface area (Å²) in [4.78, 5) is 0. The van der Waals surface area contributed by atoms with Gasteiger partial charge in [0, 0.05) is 11.1 Å². The molecule has 0 amide bonds. The fraction of sp³-hybridized carbons (Fsp3) is 0.647. The van der Waals surface area contributed by atoms with Crippen molar-refractivity contribution in [1.82, 2.24) is 5.32 Å². The second-order valence-electron chi connectivity index (χ2n) is 6.73. The minimum atomic E-state index is 0.546. The van der Waals surface area contributed by atoms with Gasteiger partial charge in [-0.1, -0.05) is 37.6 Å². The zero-order chi connectivity index (χ0) is 13.9. The van der Waals surface area contributed by atoms with Gasteiger partial charge in [0.25, 0.3) is 0 Å². The lowest BCUT2D eigenvalue weighted by molar-refractivity contribution is 0.163. The van der Waals surface area contributed by atoms with Crippen LogP contribution in [0.2, 0.25) is 5.02 Å². The molecule has 0 heterocycles. The van der Waals surface area contributed by atoms with E-state index < -0.39 is 0 Å². The van der Waals surface area contributed by atoms with Crippen LogP contribution < -0.4 is 5.32 Å². The minimum Gasteiger partial charge on any atom is -0.316 e. The molecule has 1 aliphatic rings. The molecule has 0 aromatic heterocycles. The highest BCUT2D eigenvalue weighted by Crippen LogP contribution is 2.39. The first-order valence-electron chi connectivity index (χ1n) is 7.42. The normalized spacial score (nSPS) is 21.3. The van der Waals surface area contributed by atoms with Crippen LogP contribution in [0.25, 0.3) is 0 Å². The van der Waals surface area contributed by atoms with Gasteiger partial charge in [0.15, 0.2) is 0 Å². The number of halogens is 1. The van der Waals surface area contributed by atoms with Gasteiger partial charge >= 0.3 is 0 Å². The summed E-state index contributed by atoms with van der Waals surface area (Å²) in [5.41, 5.74) is 1.89. The molecule has 1 unspecified atom stereocenters. The maximum Gasteiger partial charge on any atom is 0.0408 e. The van der Waals surface area contributed by atoms with Crippen LogP contribution in [-0.4, -0.2) is 13.1 Å².